The number of fused-ring (bicyclic) bond motifs is 2. The van der Waals surface area contributed by atoms with E-state index in [4.69, 9.17) is 4.74 Å². The van der Waals surface area contributed by atoms with Crippen LogP contribution >= 0.6 is 0 Å². The van der Waals surface area contributed by atoms with Gasteiger partial charge in [0.05, 0.1) is 6.04 Å². The molecule has 4 fully saturated rings. The van der Waals surface area contributed by atoms with Crippen LogP contribution in [0.4, 0.5) is 0 Å². The maximum Gasteiger partial charge on any atom is 0.237 e. The molecule has 0 unspecified atom stereocenters. The van der Waals surface area contributed by atoms with Crippen LogP contribution in [-0.4, -0.2) is 49.2 Å². The molecule has 22 heavy (non-hydrogen) atoms. The van der Waals surface area contributed by atoms with Crippen molar-refractivity contribution in [3.63, 3.8) is 0 Å². The van der Waals surface area contributed by atoms with Gasteiger partial charge in [0.25, 0.3) is 0 Å². The fourth-order valence-corrected chi connectivity index (χ4v) is 5.50. The molecule has 124 valence electrons. The third kappa shape index (κ3) is 2.92. The molecule has 4 heteroatoms. The second-order valence-corrected chi connectivity index (χ2v) is 7.92. The van der Waals surface area contributed by atoms with E-state index in [-0.39, 0.29) is 6.04 Å². The zero-order valence-electron chi connectivity index (χ0n) is 13.6. The van der Waals surface area contributed by atoms with Crippen LogP contribution < -0.4 is 5.32 Å². The largest absolute Gasteiger partial charge is 0.381 e. The first-order valence-electron chi connectivity index (χ1n) is 9.42. The molecular weight excluding hydrogens is 276 g/mol. The molecule has 0 radical (unpaired) electrons. The summed E-state index contributed by atoms with van der Waals surface area (Å²) in [7, 11) is 0. The predicted molar refractivity (Wildman–Crippen MR) is 85.5 cm³/mol. The van der Waals surface area contributed by atoms with Crippen LogP contribution in [0.15, 0.2) is 0 Å². The van der Waals surface area contributed by atoms with Crippen LogP contribution in [0.5, 0.6) is 0 Å². The van der Waals surface area contributed by atoms with E-state index in [0.29, 0.717) is 11.9 Å². The standard InChI is InChI=1S/C18H30N2O2/c21-18(19-12-15-11-13-3-4-14(15)10-13)17-2-1-7-20(17)16-5-8-22-9-6-16/h13-17H,1-12H2,(H,19,21)/t13-,14-,15-,17+/m0/s1. The average molecular weight is 306 g/mol. The summed E-state index contributed by atoms with van der Waals surface area (Å²) in [6.45, 7) is 3.75. The minimum Gasteiger partial charge on any atom is -0.381 e. The van der Waals surface area contributed by atoms with Crippen molar-refractivity contribution in [2.75, 3.05) is 26.3 Å². The van der Waals surface area contributed by atoms with Gasteiger partial charge in [-0.05, 0) is 69.2 Å². The lowest BCUT2D eigenvalue weighted by Gasteiger charge is -2.35. The van der Waals surface area contributed by atoms with Crippen molar-refractivity contribution in [3.8, 4) is 0 Å². The summed E-state index contributed by atoms with van der Waals surface area (Å²) in [4.78, 5) is 15.1. The SMILES string of the molecule is O=C(NC[C@@H]1C[C@H]2CC[C@H]1C2)[C@H]1CCCN1C1CCOCC1. The first-order chi connectivity index (χ1) is 10.8. The maximum absolute atomic E-state index is 12.7. The molecule has 2 saturated heterocycles. The second-order valence-electron chi connectivity index (χ2n) is 7.92. The number of carbonyl (C=O) groups excluding carboxylic acids is 1. The summed E-state index contributed by atoms with van der Waals surface area (Å²) < 4.78 is 5.47. The second kappa shape index (κ2) is 6.48. The van der Waals surface area contributed by atoms with Crippen LogP contribution in [0.25, 0.3) is 0 Å². The van der Waals surface area contributed by atoms with Gasteiger partial charge in [0.15, 0.2) is 0 Å². The van der Waals surface area contributed by atoms with E-state index in [1.807, 2.05) is 0 Å². The molecule has 0 aromatic heterocycles. The van der Waals surface area contributed by atoms with Crippen molar-refractivity contribution < 1.29 is 9.53 Å². The molecule has 0 spiro atoms. The van der Waals surface area contributed by atoms with Crippen LogP contribution in [-0.2, 0) is 9.53 Å². The Labute approximate surface area is 134 Å². The predicted octanol–water partition coefficient (Wildman–Crippen LogP) is 2.18. The third-order valence-corrected chi connectivity index (χ3v) is 6.68. The summed E-state index contributed by atoms with van der Waals surface area (Å²) in [5.41, 5.74) is 0. The lowest BCUT2D eigenvalue weighted by Crippen LogP contribution is -2.50. The molecule has 2 bridgehead atoms. The van der Waals surface area contributed by atoms with E-state index in [9.17, 15) is 4.79 Å². The van der Waals surface area contributed by atoms with Gasteiger partial charge in [-0.1, -0.05) is 6.42 Å². The molecule has 4 nitrogen and oxygen atoms in total. The van der Waals surface area contributed by atoms with Gasteiger partial charge in [-0.25, -0.2) is 0 Å². The fraction of sp³-hybridized carbons (Fsp3) is 0.944. The van der Waals surface area contributed by atoms with Crippen molar-refractivity contribution in [3.05, 3.63) is 0 Å². The molecule has 0 aromatic carbocycles. The molecule has 2 heterocycles. The first kappa shape index (κ1) is 14.9. The third-order valence-electron chi connectivity index (χ3n) is 6.68. The highest BCUT2D eigenvalue weighted by Gasteiger charge is 2.40. The number of hydrogen-bond acceptors (Lipinski definition) is 3. The summed E-state index contributed by atoms with van der Waals surface area (Å²) in [6, 6.07) is 0.691. The van der Waals surface area contributed by atoms with Crippen LogP contribution in [0.3, 0.4) is 0 Å². The zero-order chi connectivity index (χ0) is 14.9. The summed E-state index contributed by atoms with van der Waals surface area (Å²) in [5.74, 6) is 2.94. The number of hydrogen-bond donors (Lipinski definition) is 1. The van der Waals surface area contributed by atoms with E-state index < -0.39 is 0 Å². The lowest BCUT2D eigenvalue weighted by molar-refractivity contribution is -0.127. The smallest absolute Gasteiger partial charge is 0.237 e. The van der Waals surface area contributed by atoms with Gasteiger partial charge in [0.1, 0.15) is 0 Å². The molecule has 1 amide bonds. The van der Waals surface area contributed by atoms with Gasteiger partial charge >= 0.3 is 0 Å². The Morgan fingerprint density at radius 2 is 1.95 bits per heavy atom. The highest BCUT2D eigenvalue weighted by molar-refractivity contribution is 5.82. The van der Waals surface area contributed by atoms with Crippen LogP contribution in [0.2, 0.25) is 0 Å². The molecule has 2 aliphatic heterocycles. The van der Waals surface area contributed by atoms with E-state index in [2.05, 4.69) is 10.2 Å². The Hall–Kier alpha value is -0.610. The number of nitrogens with one attached hydrogen (secondary N) is 1. The van der Waals surface area contributed by atoms with Gasteiger partial charge in [-0.2, -0.15) is 0 Å². The zero-order valence-corrected chi connectivity index (χ0v) is 13.6. The monoisotopic (exact) mass is 306 g/mol. The Bertz CT molecular complexity index is 408. The van der Waals surface area contributed by atoms with Gasteiger partial charge in [0, 0.05) is 25.8 Å². The minimum absolute atomic E-state index is 0.127. The number of rotatable bonds is 4. The maximum atomic E-state index is 12.7. The fourth-order valence-electron chi connectivity index (χ4n) is 5.50. The van der Waals surface area contributed by atoms with Crippen molar-refractivity contribution in [1.82, 2.24) is 10.2 Å². The molecule has 2 aliphatic carbocycles. The molecule has 2 saturated carbocycles. The Kier molecular flexibility index (Phi) is 4.40. The van der Waals surface area contributed by atoms with Crippen molar-refractivity contribution in [2.24, 2.45) is 17.8 Å². The van der Waals surface area contributed by atoms with E-state index >= 15 is 0 Å². The number of likely N-dealkylation sites (tertiary alicyclic amines) is 1. The molecule has 4 aliphatic rings. The highest BCUT2D eigenvalue weighted by atomic mass is 16.5. The first-order valence-corrected chi connectivity index (χ1v) is 9.42. The molecule has 1 N–H and O–H groups in total. The van der Waals surface area contributed by atoms with E-state index in [1.165, 1.54) is 32.1 Å². The molecule has 0 aromatic rings. The van der Waals surface area contributed by atoms with Gasteiger partial charge < -0.3 is 10.1 Å². The van der Waals surface area contributed by atoms with Gasteiger partial charge in [-0.3, -0.25) is 9.69 Å². The summed E-state index contributed by atoms with van der Waals surface area (Å²) >= 11 is 0. The average Bonchev–Trinajstić information content (AvgIpc) is 3.29. The van der Waals surface area contributed by atoms with E-state index in [1.54, 1.807) is 0 Å². The molecule has 4 rings (SSSR count). The normalized spacial score (nSPS) is 39.5. The topological polar surface area (TPSA) is 41.6 Å². The molecular formula is C18H30N2O2. The number of ether oxygens (including phenoxy) is 1. The number of nitrogens with zero attached hydrogens (tertiary/aromatic N) is 1. The van der Waals surface area contributed by atoms with Crippen LogP contribution in [0, 0.1) is 17.8 Å². The van der Waals surface area contributed by atoms with Crippen molar-refractivity contribution in [2.45, 2.75) is 63.5 Å². The number of carbonyl (C=O) groups is 1. The summed E-state index contributed by atoms with van der Waals surface area (Å²) in [5, 5.41) is 3.31. The Morgan fingerprint density at radius 3 is 2.68 bits per heavy atom. The molecule has 4 atom stereocenters. The minimum atomic E-state index is 0.127. The van der Waals surface area contributed by atoms with Crippen molar-refractivity contribution in [1.29, 1.82) is 0 Å². The van der Waals surface area contributed by atoms with Crippen molar-refractivity contribution >= 4 is 5.91 Å². The summed E-state index contributed by atoms with van der Waals surface area (Å²) in [6.07, 6.45) is 10.0. The lowest BCUT2D eigenvalue weighted by atomic mass is 9.89. The van der Waals surface area contributed by atoms with Gasteiger partial charge in [-0.15, -0.1) is 0 Å². The Balaban J connectivity index is 1.29. The number of amides is 1. The quantitative estimate of drug-likeness (QED) is 0.865. The van der Waals surface area contributed by atoms with Crippen LogP contribution in [0.1, 0.15) is 51.4 Å². The Morgan fingerprint density at radius 1 is 1.09 bits per heavy atom. The van der Waals surface area contributed by atoms with Gasteiger partial charge in [0.2, 0.25) is 5.91 Å². The highest BCUT2D eigenvalue weighted by Crippen LogP contribution is 2.47. The van der Waals surface area contributed by atoms with E-state index in [0.717, 1.165) is 63.3 Å².